The standard InChI is InChI=1S/C9H10N4O/c1-14-8-4-2-3-7(10)9(8)13-5-11-12-6-13/h2-6H,10H2,1H3. The zero-order valence-electron chi connectivity index (χ0n) is 7.71. The minimum atomic E-state index is 0.629. The molecular formula is C9H10N4O. The minimum Gasteiger partial charge on any atom is -0.494 e. The first-order valence-electron chi connectivity index (χ1n) is 4.10. The van der Waals surface area contributed by atoms with Gasteiger partial charge in [-0.25, -0.2) is 0 Å². The van der Waals surface area contributed by atoms with Crippen molar-refractivity contribution in [1.29, 1.82) is 0 Å². The summed E-state index contributed by atoms with van der Waals surface area (Å²) in [5.74, 6) is 0.699. The Balaban J connectivity index is 2.61. The molecule has 0 spiro atoms. The summed E-state index contributed by atoms with van der Waals surface area (Å²) >= 11 is 0. The van der Waals surface area contributed by atoms with Gasteiger partial charge in [0, 0.05) is 0 Å². The number of nitrogen functional groups attached to an aromatic ring is 1. The van der Waals surface area contributed by atoms with Gasteiger partial charge in [0.05, 0.1) is 12.8 Å². The molecule has 1 aromatic heterocycles. The maximum Gasteiger partial charge on any atom is 0.145 e. The number of nitrogens with two attached hydrogens (primary N) is 1. The van der Waals surface area contributed by atoms with Crippen molar-refractivity contribution in [2.24, 2.45) is 0 Å². The molecule has 2 N–H and O–H groups in total. The van der Waals surface area contributed by atoms with E-state index in [1.165, 1.54) is 0 Å². The first kappa shape index (κ1) is 8.55. The second-order valence-corrected chi connectivity index (χ2v) is 2.77. The Hall–Kier alpha value is -2.04. The smallest absolute Gasteiger partial charge is 0.145 e. The van der Waals surface area contributed by atoms with Crippen molar-refractivity contribution in [1.82, 2.24) is 14.8 Å². The van der Waals surface area contributed by atoms with E-state index in [1.807, 2.05) is 12.1 Å². The number of anilines is 1. The molecule has 1 aromatic carbocycles. The van der Waals surface area contributed by atoms with Gasteiger partial charge in [-0.05, 0) is 12.1 Å². The van der Waals surface area contributed by atoms with Crippen LogP contribution in [0.3, 0.4) is 0 Å². The Labute approximate surface area is 81.1 Å². The van der Waals surface area contributed by atoms with E-state index in [9.17, 15) is 0 Å². The van der Waals surface area contributed by atoms with E-state index in [1.54, 1.807) is 30.4 Å². The highest BCUT2D eigenvalue weighted by molar-refractivity contribution is 5.65. The van der Waals surface area contributed by atoms with E-state index in [0.717, 1.165) is 5.69 Å². The largest absolute Gasteiger partial charge is 0.494 e. The van der Waals surface area contributed by atoms with Crippen molar-refractivity contribution in [2.45, 2.75) is 0 Å². The molecule has 0 unspecified atom stereocenters. The van der Waals surface area contributed by atoms with Crippen molar-refractivity contribution < 1.29 is 4.74 Å². The van der Waals surface area contributed by atoms with Crippen LogP contribution in [0.25, 0.3) is 5.69 Å². The van der Waals surface area contributed by atoms with Gasteiger partial charge in [-0.3, -0.25) is 4.57 Å². The summed E-state index contributed by atoms with van der Waals surface area (Å²) in [7, 11) is 1.60. The number of ether oxygens (including phenoxy) is 1. The number of para-hydroxylation sites is 1. The van der Waals surface area contributed by atoms with E-state index in [-0.39, 0.29) is 0 Å². The molecule has 1 heterocycles. The molecule has 0 atom stereocenters. The van der Waals surface area contributed by atoms with Crippen LogP contribution in [0.5, 0.6) is 5.75 Å². The van der Waals surface area contributed by atoms with Gasteiger partial charge >= 0.3 is 0 Å². The van der Waals surface area contributed by atoms with E-state index in [4.69, 9.17) is 10.5 Å². The topological polar surface area (TPSA) is 66.0 Å². The molecule has 0 aliphatic heterocycles. The lowest BCUT2D eigenvalue weighted by Crippen LogP contribution is -2.00. The van der Waals surface area contributed by atoms with Crippen molar-refractivity contribution in [3.05, 3.63) is 30.9 Å². The first-order valence-corrected chi connectivity index (χ1v) is 4.10. The minimum absolute atomic E-state index is 0.629. The summed E-state index contributed by atoms with van der Waals surface area (Å²) in [4.78, 5) is 0. The molecule has 5 heteroatoms. The number of nitrogens with zero attached hydrogens (tertiary/aromatic N) is 3. The maximum absolute atomic E-state index is 5.83. The van der Waals surface area contributed by atoms with Gasteiger partial charge in [0.1, 0.15) is 24.1 Å². The fourth-order valence-electron chi connectivity index (χ4n) is 1.30. The highest BCUT2D eigenvalue weighted by atomic mass is 16.5. The summed E-state index contributed by atoms with van der Waals surface area (Å²) in [6.45, 7) is 0. The van der Waals surface area contributed by atoms with E-state index in [0.29, 0.717) is 11.4 Å². The fraction of sp³-hybridized carbons (Fsp3) is 0.111. The predicted octanol–water partition coefficient (Wildman–Crippen LogP) is 0.858. The van der Waals surface area contributed by atoms with Gasteiger partial charge < -0.3 is 10.5 Å². The van der Waals surface area contributed by atoms with E-state index in [2.05, 4.69) is 10.2 Å². The Morgan fingerprint density at radius 3 is 2.64 bits per heavy atom. The average Bonchev–Trinajstić information content (AvgIpc) is 2.70. The SMILES string of the molecule is COc1cccc(N)c1-n1cnnc1. The second-order valence-electron chi connectivity index (χ2n) is 2.77. The molecule has 14 heavy (non-hydrogen) atoms. The van der Waals surface area contributed by atoms with Crippen LogP contribution in [-0.4, -0.2) is 21.9 Å². The number of rotatable bonds is 2. The lowest BCUT2D eigenvalue weighted by Gasteiger charge is -2.10. The highest BCUT2D eigenvalue weighted by Gasteiger charge is 2.08. The summed E-state index contributed by atoms with van der Waals surface area (Å²) in [5.41, 5.74) is 7.22. The molecule has 0 amide bonds. The monoisotopic (exact) mass is 190 g/mol. The molecule has 0 fully saturated rings. The van der Waals surface area contributed by atoms with Crippen molar-refractivity contribution in [2.75, 3.05) is 12.8 Å². The van der Waals surface area contributed by atoms with E-state index < -0.39 is 0 Å². The average molecular weight is 190 g/mol. The molecule has 2 rings (SSSR count). The van der Waals surface area contributed by atoms with Crippen molar-refractivity contribution in [3.63, 3.8) is 0 Å². The van der Waals surface area contributed by atoms with Gasteiger partial charge in [0.15, 0.2) is 0 Å². The molecule has 0 aliphatic carbocycles. The number of hydrogen-bond donors (Lipinski definition) is 1. The van der Waals surface area contributed by atoms with Gasteiger partial charge in [0.25, 0.3) is 0 Å². The third-order valence-electron chi connectivity index (χ3n) is 1.93. The molecule has 0 bridgehead atoms. The lowest BCUT2D eigenvalue weighted by atomic mass is 10.2. The third kappa shape index (κ3) is 1.28. The summed E-state index contributed by atoms with van der Waals surface area (Å²) in [6.07, 6.45) is 3.16. The highest BCUT2D eigenvalue weighted by Crippen LogP contribution is 2.27. The van der Waals surface area contributed by atoms with Gasteiger partial charge in [0.2, 0.25) is 0 Å². The molecule has 0 saturated heterocycles. The Morgan fingerprint density at radius 1 is 1.29 bits per heavy atom. The van der Waals surface area contributed by atoms with Crippen LogP contribution in [0.4, 0.5) is 5.69 Å². The first-order chi connectivity index (χ1) is 6.83. The van der Waals surface area contributed by atoms with Crippen LogP contribution < -0.4 is 10.5 Å². The van der Waals surface area contributed by atoms with Crippen LogP contribution in [-0.2, 0) is 0 Å². The Bertz CT molecular complexity index is 424. The van der Waals surface area contributed by atoms with Gasteiger partial charge in [-0.2, -0.15) is 0 Å². The van der Waals surface area contributed by atoms with Crippen LogP contribution in [0.1, 0.15) is 0 Å². The molecule has 0 radical (unpaired) electrons. The Kier molecular flexibility index (Phi) is 2.06. The number of methoxy groups -OCH3 is 1. The fourth-order valence-corrected chi connectivity index (χ4v) is 1.30. The summed E-state index contributed by atoms with van der Waals surface area (Å²) in [5, 5.41) is 7.43. The molecule has 72 valence electrons. The quantitative estimate of drug-likeness (QED) is 0.713. The second kappa shape index (κ2) is 3.37. The molecular weight excluding hydrogens is 180 g/mol. The van der Waals surface area contributed by atoms with Crippen LogP contribution >= 0.6 is 0 Å². The van der Waals surface area contributed by atoms with Crippen molar-refractivity contribution in [3.8, 4) is 11.4 Å². The zero-order valence-corrected chi connectivity index (χ0v) is 7.71. The van der Waals surface area contributed by atoms with Crippen LogP contribution in [0, 0.1) is 0 Å². The molecule has 0 aliphatic rings. The van der Waals surface area contributed by atoms with Crippen molar-refractivity contribution >= 4 is 5.69 Å². The number of hydrogen-bond acceptors (Lipinski definition) is 4. The van der Waals surface area contributed by atoms with Crippen LogP contribution in [0.2, 0.25) is 0 Å². The normalized spacial score (nSPS) is 10.1. The predicted molar refractivity (Wildman–Crippen MR) is 52.3 cm³/mol. The molecule has 0 saturated carbocycles. The molecule has 5 nitrogen and oxygen atoms in total. The zero-order chi connectivity index (χ0) is 9.97. The molecule has 2 aromatic rings. The third-order valence-corrected chi connectivity index (χ3v) is 1.93. The number of benzene rings is 1. The van der Waals surface area contributed by atoms with Gasteiger partial charge in [-0.15, -0.1) is 10.2 Å². The van der Waals surface area contributed by atoms with E-state index >= 15 is 0 Å². The van der Waals surface area contributed by atoms with Crippen LogP contribution in [0.15, 0.2) is 30.9 Å². The van der Waals surface area contributed by atoms with Gasteiger partial charge in [-0.1, -0.05) is 6.07 Å². The summed E-state index contributed by atoms with van der Waals surface area (Å²) in [6, 6.07) is 5.48. The maximum atomic E-state index is 5.83. The Morgan fingerprint density at radius 2 is 2.00 bits per heavy atom. The lowest BCUT2D eigenvalue weighted by molar-refractivity contribution is 0.413. The summed E-state index contributed by atoms with van der Waals surface area (Å²) < 4.78 is 6.91. The number of aromatic nitrogens is 3.